The molecule has 31 heavy (non-hydrogen) atoms. The van der Waals surface area contributed by atoms with Gasteiger partial charge in [0.15, 0.2) is 0 Å². The van der Waals surface area contributed by atoms with Crippen LogP contribution in [0, 0.1) is 5.92 Å². The molecule has 1 aliphatic heterocycles. The molecule has 1 saturated carbocycles. The van der Waals surface area contributed by atoms with Crippen LogP contribution in [0.3, 0.4) is 0 Å². The maximum absolute atomic E-state index is 12.7. The molecule has 1 atom stereocenters. The summed E-state index contributed by atoms with van der Waals surface area (Å²) in [5.74, 6) is 0.598. The first-order valence-electron chi connectivity index (χ1n) is 10.7. The number of hydrogen-bond donors (Lipinski definition) is 2. The van der Waals surface area contributed by atoms with Crippen LogP contribution in [0.25, 0.3) is 0 Å². The van der Waals surface area contributed by atoms with Crippen molar-refractivity contribution in [3.05, 3.63) is 101 Å². The van der Waals surface area contributed by atoms with Crippen molar-refractivity contribution in [2.75, 3.05) is 0 Å². The Morgan fingerprint density at radius 1 is 1.19 bits per heavy atom. The second-order valence-corrected chi connectivity index (χ2v) is 8.28. The third kappa shape index (κ3) is 5.79. The maximum Gasteiger partial charge on any atom is 0.247 e. The Hall–Kier alpha value is -3.47. The zero-order chi connectivity index (χ0) is 21.6. The molecule has 1 unspecified atom stereocenters. The number of aromatic nitrogens is 1. The Labute approximate surface area is 184 Å². The lowest BCUT2D eigenvalue weighted by Crippen LogP contribution is -2.43. The van der Waals surface area contributed by atoms with Crippen LogP contribution in [0.4, 0.5) is 0 Å². The molecule has 0 aromatic carbocycles. The fourth-order valence-electron chi connectivity index (χ4n) is 3.45. The van der Waals surface area contributed by atoms with Gasteiger partial charge in [-0.05, 0) is 46.3 Å². The predicted octanol–water partition coefficient (Wildman–Crippen LogP) is 4.09. The van der Waals surface area contributed by atoms with Crippen LogP contribution in [-0.2, 0) is 16.1 Å². The zero-order valence-corrected chi connectivity index (χ0v) is 17.7. The SMILES string of the molecule is CC1CC1.O=C1C=C(C2=CC3=CC=CC=C(C=C2)C3)C(C(=O)NCc2cccnc2)N1.[HH]. The zero-order valence-electron chi connectivity index (χ0n) is 17.7. The van der Waals surface area contributed by atoms with Crippen LogP contribution in [0.5, 0.6) is 0 Å². The summed E-state index contributed by atoms with van der Waals surface area (Å²) in [5.41, 5.74) is 4.81. The molecule has 1 aromatic rings. The lowest BCUT2D eigenvalue weighted by Gasteiger charge is -2.16. The van der Waals surface area contributed by atoms with Gasteiger partial charge in [-0.25, -0.2) is 0 Å². The number of fused-ring (bicyclic) bond motifs is 2. The molecule has 5 rings (SSSR count). The summed E-state index contributed by atoms with van der Waals surface area (Å²) in [4.78, 5) is 28.7. The van der Waals surface area contributed by atoms with E-state index in [0.717, 1.165) is 29.0 Å². The lowest BCUT2D eigenvalue weighted by atomic mass is 9.97. The first-order chi connectivity index (χ1) is 15.1. The largest absolute Gasteiger partial charge is 0.350 e. The van der Waals surface area contributed by atoms with Gasteiger partial charge < -0.3 is 10.6 Å². The summed E-state index contributed by atoms with van der Waals surface area (Å²) in [6.45, 7) is 2.64. The maximum atomic E-state index is 12.7. The molecule has 1 aromatic heterocycles. The highest BCUT2D eigenvalue weighted by molar-refractivity contribution is 6.01. The lowest BCUT2D eigenvalue weighted by molar-refractivity contribution is -0.125. The molecule has 2 bridgehead atoms. The summed E-state index contributed by atoms with van der Waals surface area (Å²) in [6.07, 6.45) is 22.9. The highest BCUT2D eigenvalue weighted by Gasteiger charge is 2.31. The van der Waals surface area contributed by atoms with Crippen LogP contribution in [0.2, 0.25) is 0 Å². The van der Waals surface area contributed by atoms with Gasteiger partial charge in [-0.3, -0.25) is 14.6 Å². The number of carbonyl (C=O) groups excluding carboxylic acids is 2. The van der Waals surface area contributed by atoms with Crippen LogP contribution >= 0.6 is 0 Å². The summed E-state index contributed by atoms with van der Waals surface area (Å²) in [6, 6.07) is 3.02. The van der Waals surface area contributed by atoms with E-state index in [1.165, 1.54) is 24.5 Å². The van der Waals surface area contributed by atoms with Crippen LogP contribution in [-0.4, -0.2) is 22.8 Å². The van der Waals surface area contributed by atoms with E-state index in [9.17, 15) is 9.59 Å². The first kappa shape index (κ1) is 20.8. The summed E-state index contributed by atoms with van der Waals surface area (Å²) < 4.78 is 0. The van der Waals surface area contributed by atoms with Gasteiger partial charge in [0.05, 0.1) is 0 Å². The molecule has 4 aliphatic rings. The third-order valence-corrected chi connectivity index (χ3v) is 5.49. The van der Waals surface area contributed by atoms with E-state index in [-0.39, 0.29) is 13.2 Å². The van der Waals surface area contributed by atoms with Gasteiger partial charge in [-0.15, -0.1) is 0 Å². The minimum atomic E-state index is -0.699. The molecule has 2 amide bonds. The molecular formula is C26H29N3O2. The Kier molecular flexibility index (Phi) is 6.41. The molecule has 0 saturated heterocycles. The van der Waals surface area contributed by atoms with Crippen molar-refractivity contribution in [2.45, 2.75) is 38.8 Å². The summed E-state index contributed by atoms with van der Waals surface area (Å²) in [7, 11) is 0. The van der Waals surface area contributed by atoms with Gasteiger partial charge >= 0.3 is 0 Å². The van der Waals surface area contributed by atoms with E-state index in [1.807, 2.05) is 42.5 Å². The quantitative estimate of drug-likeness (QED) is 0.778. The molecule has 5 nitrogen and oxygen atoms in total. The van der Waals surface area contributed by atoms with E-state index < -0.39 is 6.04 Å². The van der Waals surface area contributed by atoms with E-state index >= 15 is 0 Å². The van der Waals surface area contributed by atoms with Gasteiger partial charge in [0, 0.05) is 26.4 Å². The molecule has 2 heterocycles. The van der Waals surface area contributed by atoms with Crippen molar-refractivity contribution >= 4 is 11.8 Å². The average molecular weight is 416 g/mol. The third-order valence-electron chi connectivity index (χ3n) is 5.49. The van der Waals surface area contributed by atoms with Crippen molar-refractivity contribution in [1.29, 1.82) is 0 Å². The monoisotopic (exact) mass is 415 g/mol. The van der Waals surface area contributed by atoms with Gasteiger partial charge in [-0.2, -0.15) is 0 Å². The molecule has 0 radical (unpaired) electrons. The average Bonchev–Trinajstić information content (AvgIpc) is 3.55. The first-order valence-corrected chi connectivity index (χ1v) is 10.7. The second kappa shape index (κ2) is 9.56. The highest BCUT2D eigenvalue weighted by atomic mass is 16.2. The van der Waals surface area contributed by atoms with E-state index in [0.29, 0.717) is 12.1 Å². The smallest absolute Gasteiger partial charge is 0.247 e. The van der Waals surface area contributed by atoms with Gasteiger partial charge in [0.25, 0.3) is 0 Å². The van der Waals surface area contributed by atoms with Crippen molar-refractivity contribution in [2.24, 2.45) is 5.92 Å². The number of rotatable bonds is 4. The highest BCUT2D eigenvalue weighted by Crippen LogP contribution is 2.29. The van der Waals surface area contributed by atoms with Gasteiger partial charge in [-0.1, -0.05) is 68.4 Å². The van der Waals surface area contributed by atoms with Crippen molar-refractivity contribution in [3.8, 4) is 0 Å². The normalized spacial score (nSPS) is 21.3. The molecular weight excluding hydrogens is 386 g/mol. The standard InChI is InChI=1S/C22H19N3O2.C4H8.H2/c26-20-12-19(18-8-7-15-4-1-2-5-16(10-15)11-18)21(25-20)22(27)24-14-17-6-3-9-23-13-17;1-4-2-3-4;/h1-9,11-13,21H,10,14H2,(H,24,27)(H,25,26);4H,2-3H2,1H3;1H. The number of carbonyl (C=O) groups is 2. The van der Waals surface area contributed by atoms with E-state index in [4.69, 9.17) is 0 Å². The number of nitrogens with zero attached hydrogens (tertiary/aromatic N) is 1. The van der Waals surface area contributed by atoms with Crippen LogP contribution in [0.1, 0.15) is 33.2 Å². The van der Waals surface area contributed by atoms with Crippen molar-refractivity contribution in [3.63, 3.8) is 0 Å². The van der Waals surface area contributed by atoms with Gasteiger partial charge in [0.2, 0.25) is 11.8 Å². The number of pyridine rings is 1. The molecule has 3 aliphatic carbocycles. The molecule has 1 fully saturated rings. The second-order valence-electron chi connectivity index (χ2n) is 8.28. The Morgan fingerprint density at radius 2 is 1.97 bits per heavy atom. The number of nitrogens with one attached hydrogen (secondary N) is 2. The van der Waals surface area contributed by atoms with Crippen LogP contribution < -0.4 is 10.6 Å². The Morgan fingerprint density at radius 3 is 2.68 bits per heavy atom. The van der Waals surface area contributed by atoms with E-state index in [2.05, 4.69) is 34.7 Å². The van der Waals surface area contributed by atoms with E-state index in [1.54, 1.807) is 12.4 Å². The fourth-order valence-corrected chi connectivity index (χ4v) is 3.45. The Bertz CT molecular complexity index is 1040. The molecule has 2 N–H and O–H groups in total. The molecule has 160 valence electrons. The van der Waals surface area contributed by atoms with Crippen molar-refractivity contribution in [1.82, 2.24) is 15.6 Å². The van der Waals surface area contributed by atoms with Gasteiger partial charge in [0.1, 0.15) is 6.04 Å². The topological polar surface area (TPSA) is 71.1 Å². The molecule has 5 heteroatoms. The number of amides is 2. The summed E-state index contributed by atoms with van der Waals surface area (Å²) >= 11 is 0. The minimum absolute atomic E-state index is 0. The summed E-state index contributed by atoms with van der Waals surface area (Å²) in [5, 5.41) is 5.63. The van der Waals surface area contributed by atoms with Crippen LogP contribution in [0.15, 0.2) is 95.4 Å². The molecule has 0 spiro atoms. The minimum Gasteiger partial charge on any atom is -0.350 e. The van der Waals surface area contributed by atoms with Crippen molar-refractivity contribution < 1.29 is 11.0 Å². The number of allylic oxidation sites excluding steroid dienone is 9. The predicted molar refractivity (Wildman–Crippen MR) is 124 cm³/mol. The fraction of sp³-hybridized carbons (Fsp3) is 0.269. The Balaban J connectivity index is 0.000000522. The number of hydrogen-bond acceptors (Lipinski definition) is 3.